The van der Waals surface area contributed by atoms with Gasteiger partial charge in [-0.05, 0) is 43.7 Å². The van der Waals surface area contributed by atoms with Crippen LogP contribution in [0.5, 0.6) is 0 Å². The Hall–Kier alpha value is -3.00. The summed E-state index contributed by atoms with van der Waals surface area (Å²) in [5.41, 5.74) is 3.63. The molecule has 0 radical (unpaired) electrons. The highest BCUT2D eigenvalue weighted by Gasteiger charge is 2.10. The molecule has 0 aliphatic heterocycles. The summed E-state index contributed by atoms with van der Waals surface area (Å²) in [6.07, 6.45) is 0. The number of ether oxygens (including phenoxy) is 1. The molecule has 0 unspecified atom stereocenters. The van der Waals surface area contributed by atoms with E-state index in [4.69, 9.17) is 4.74 Å². The van der Waals surface area contributed by atoms with Crippen molar-refractivity contribution in [1.82, 2.24) is 9.97 Å². The highest BCUT2D eigenvalue weighted by Crippen LogP contribution is 2.23. The fourth-order valence-corrected chi connectivity index (χ4v) is 3.42. The summed E-state index contributed by atoms with van der Waals surface area (Å²) >= 11 is 1.39. The molecule has 3 N–H and O–H groups in total. The van der Waals surface area contributed by atoms with E-state index in [1.54, 1.807) is 18.2 Å². The van der Waals surface area contributed by atoms with Crippen molar-refractivity contribution >= 4 is 40.4 Å². The second-order valence-electron chi connectivity index (χ2n) is 6.11. The number of H-pyrrole nitrogens is 2. The Bertz CT molecular complexity index is 1050. The van der Waals surface area contributed by atoms with Gasteiger partial charge in [0.2, 0.25) is 0 Å². The maximum atomic E-state index is 12.0. The lowest BCUT2D eigenvalue weighted by Gasteiger charge is -2.08. The van der Waals surface area contributed by atoms with Crippen molar-refractivity contribution in [3.05, 3.63) is 58.0 Å². The van der Waals surface area contributed by atoms with Crippen LogP contribution < -0.4 is 11.0 Å². The lowest BCUT2D eigenvalue weighted by molar-refractivity contribution is -0.144. The molecule has 0 saturated heterocycles. The van der Waals surface area contributed by atoms with Crippen LogP contribution in [0.2, 0.25) is 0 Å². The van der Waals surface area contributed by atoms with E-state index in [9.17, 15) is 14.4 Å². The van der Waals surface area contributed by atoms with Crippen LogP contribution in [0, 0.1) is 13.8 Å². The summed E-state index contributed by atoms with van der Waals surface area (Å²) in [5, 5.41) is 2.63. The molecule has 7 nitrogen and oxygen atoms in total. The number of aryl methyl sites for hydroxylation is 2. The molecule has 1 heterocycles. The van der Waals surface area contributed by atoms with Gasteiger partial charge in [-0.25, -0.2) is 4.79 Å². The number of hydrogen-bond donors (Lipinski definition) is 3. The van der Waals surface area contributed by atoms with Crippen LogP contribution in [0.25, 0.3) is 11.0 Å². The Morgan fingerprint density at radius 3 is 2.67 bits per heavy atom. The van der Waals surface area contributed by atoms with Crippen LogP contribution in [0.15, 0.2) is 46.1 Å². The Kier molecular flexibility index (Phi) is 5.66. The van der Waals surface area contributed by atoms with Crippen LogP contribution in [-0.4, -0.2) is 34.2 Å². The molecule has 3 aromatic rings. The van der Waals surface area contributed by atoms with E-state index >= 15 is 0 Å². The van der Waals surface area contributed by atoms with E-state index in [-0.39, 0.29) is 18.0 Å². The fraction of sp³-hybridized carbons (Fsp3) is 0.211. The van der Waals surface area contributed by atoms with Gasteiger partial charge in [0.25, 0.3) is 5.91 Å². The summed E-state index contributed by atoms with van der Waals surface area (Å²) in [6, 6.07) is 11.0. The van der Waals surface area contributed by atoms with Gasteiger partial charge in [-0.15, -0.1) is 11.8 Å². The molecule has 3 rings (SSSR count). The third-order valence-corrected chi connectivity index (χ3v) is 4.98. The molecular weight excluding hydrogens is 366 g/mol. The largest absolute Gasteiger partial charge is 0.455 e. The SMILES string of the molecule is Cc1ccc(C)c(SCC(=O)OCC(=O)Nc2ccc3[nH]c(=O)[nH]c3c2)c1. The summed E-state index contributed by atoms with van der Waals surface area (Å²) < 4.78 is 5.02. The molecule has 0 aliphatic carbocycles. The van der Waals surface area contributed by atoms with Crippen molar-refractivity contribution in [1.29, 1.82) is 0 Å². The summed E-state index contributed by atoms with van der Waals surface area (Å²) in [4.78, 5) is 41.3. The van der Waals surface area contributed by atoms with Gasteiger partial charge in [-0.2, -0.15) is 0 Å². The van der Waals surface area contributed by atoms with Crippen LogP contribution in [-0.2, 0) is 14.3 Å². The Morgan fingerprint density at radius 2 is 1.85 bits per heavy atom. The number of fused-ring (bicyclic) bond motifs is 1. The van der Waals surface area contributed by atoms with Crippen molar-refractivity contribution in [2.75, 3.05) is 17.7 Å². The second-order valence-corrected chi connectivity index (χ2v) is 7.12. The summed E-state index contributed by atoms with van der Waals surface area (Å²) in [6.45, 7) is 3.61. The number of carbonyl (C=O) groups is 2. The number of esters is 1. The van der Waals surface area contributed by atoms with Crippen molar-refractivity contribution in [2.24, 2.45) is 0 Å². The molecule has 140 valence electrons. The third-order valence-electron chi connectivity index (χ3n) is 3.85. The predicted molar refractivity (Wildman–Crippen MR) is 105 cm³/mol. The van der Waals surface area contributed by atoms with Gasteiger partial charge in [0.1, 0.15) is 0 Å². The molecule has 0 atom stereocenters. The van der Waals surface area contributed by atoms with Gasteiger partial charge in [0.15, 0.2) is 6.61 Å². The van der Waals surface area contributed by atoms with E-state index in [1.165, 1.54) is 11.8 Å². The molecule has 1 aromatic heterocycles. The highest BCUT2D eigenvalue weighted by molar-refractivity contribution is 8.00. The van der Waals surface area contributed by atoms with Crippen molar-refractivity contribution in [2.45, 2.75) is 18.7 Å². The molecule has 1 amide bonds. The molecule has 0 aliphatic rings. The number of anilines is 1. The van der Waals surface area contributed by atoms with E-state index < -0.39 is 11.9 Å². The number of rotatable bonds is 6. The van der Waals surface area contributed by atoms with Gasteiger partial charge in [-0.1, -0.05) is 17.7 Å². The van der Waals surface area contributed by atoms with E-state index in [1.807, 2.05) is 32.0 Å². The molecule has 27 heavy (non-hydrogen) atoms. The molecule has 0 saturated carbocycles. The number of aromatic amines is 2. The fourth-order valence-electron chi connectivity index (χ4n) is 2.49. The number of amides is 1. The Balaban J connectivity index is 1.48. The first-order valence-corrected chi connectivity index (χ1v) is 9.27. The number of nitrogens with one attached hydrogen (secondary N) is 3. The van der Waals surface area contributed by atoms with Crippen LogP contribution >= 0.6 is 11.8 Å². The van der Waals surface area contributed by atoms with Crippen LogP contribution in [0.3, 0.4) is 0 Å². The third kappa shape index (κ3) is 5.01. The number of benzene rings is 2. The van der Waals surface area contributed by atoms with Crippen molar-refractivity contribution < 1.29 is 14.3 Å². The zero-order chi connectivity index (χ0) is 19.4. The molecule has 0 spiro atoms. The van der Waals surface area contributed by atoms with Gasteiger partial charge >= 0.3 is 11.7 Å². The van der Waals surface area contributed by atoms with Gasteiger partial charge in [0, 0.05) is 10.6 Å². The Morgan fingerprint density at radius 1 is 1.07 bits per heavy atom. The normalized spacial score (nSPS) is 10.7. The minimum atomic E-state index is -0.457. The maximum absolute atomic E-state index is 12.0. The smallest absolute Gasteiger partial charge is 0.323 e. The minimum Gasteiger partial charge on any atom is -0.455 e. The quantitative estimate of drug-likeness (QED) is 0.447. The minimum absolute atomic E-state index is 0.133. The van der Waals surface area contributed by atoms with Gasteiger partial charge in [-0.3, -0.25) is 9.59 Å². The van der Waals surface area contributed by atoms with E-state index in [0.717, 1.165) is 16.0 Å². The summed E-state index contributed by atoms with van der Waals surface area (Å²) in [7, 11) is 0. The second kappa shape index (κ2) is 8.13. The van der Waals surface area contributed by atoms with E-state index in [0.29, 0.717) is 16.7 Å². The summed E-state index contributed by atoms with van der Waals surface area (Å²) in [5.74, 6) is -0.771. The van der Waals surface area contributed by atoms with Crippen molar-refractivity contribution in [3.63, 3.8) is 0 Å². The first-order chi connectivity index (χ1) is 12.9. The van der Waals surface area contributed by atoms with Gasteiger partial charge < -0.3 is 20.0 Å². The topological polar surface area (TPSA) is 104 Å². The Labute approximate surface area is 159 Å². The number of hydrogen-bond acceptors (Lipinski definition) is 5. The number of aromatic nitrogens is 2. The van der Waals surface area contributed by atoms with E-state index in [2.05, 4.69) is 15.3 Å². The zero-order valence-corrected chi connectivity index (χ0v) is 15.7. The predicted octanol–water partition coefficient (Wildman–Crippen LogP) is 2.75. The molecular formula is C19H19N3O4S. The molecule has 2 aromatic carbocycles. The first kappa shape index (κ1) is 18.8. The maximum Gasteiger partial charge on any atom is 0.323 e. The standard InChI is InChI=1S/C19H19N3O4S/c1-11-3-4-12(2)16(7-11)27-10-18(24)26-9-17(23)20-13-5-6-14-15(8-13)22-19(25)21-14/h3-8H,9-10H2,1-2H3,(H,20,23)(H2,21,22,25). The number of thioether (sulfide) groups is 1. The average Bonchev–Trinajstić information content (AvgIpc) is 3.00. The van der Waals surface area contributed by atoms with Gasteiger partial charge in [0.05, 0.1) is 16.8 Å². The lowest BCUT2D eigenvalue weighted by atomic mass is 10.2. The number of imidazole rings is 1. The molecule has 0 fully saturated rings. The zero-order valence-electron chi connectivity index (χ0n) is 14.9. The first-order valence-electron chi connectivity index (χ1n) is 8.28. The molecule has 8 heteroatoms. The van der Waals surface area contributed by atoms with Crippen LogP contribution in [0.1, 0.15) is 11.1 Å². The highest BCUT2D eigenvalue weighted by atomic mass is 32.2. The van der Waals surface area contributed by atoms with Crippen molar-refractivity contribution in [3.8, 4) is 0 Å². The lowest BCUT2D eigenvalue weighted by Crippen LogP contribution is -2.21. The number of carbonyl (C=O) groups excluding carboxylic acids is 2. The monoisotopic (exact) mass is 385 g/mol. The van der Waals surface area contributed by atoms with Crippen LogP contribution in [0.4, 0.5) is 5.69 Å². The molecule has 0 bridgehead atoms. The average molecular weight is 385 g/mol.